The van der Waals surface area contributed by atoms with Crippen LogP contribution in [0.5, 0.6) is 0 Å². The van der Waals surface area contributed by atoms with Gasteiger partial charge in [-0.1, -0.05) is 6.08 Å². The average Bonchev–Trinajstić information content (AvgIpc) is 3.31. The molecule has 3 heterocycles. The van der Waals surface area contributed by atoms with Gasteiger partial charge in [-0.3, -0.25) is 4.68 Å². The first-order valence-electron chi connectivity index (χ1n) is 7.06. The second-order valence-electron chi connectivity index (χ2n) is 4.83. The van der Waals surface area contributed by atoms with Gasteiger partial charge in [0.2, 0.25) is 0 Å². The normalized spacial score (nSPS) is 10.5. The van der Waals surface area contributed by atoms with Crippen LogP contribution < -0.4 is 5.32 Å². The molecular weight excluding hydrogens is 346 g/mol. The summed E-state index contributed by atoms with van der Waals surface area (Å²) in [6, 6.07) is 0. The third-order valence-corrected chi connectivity index (χ3v) is 4.71. The molecule has 1 N–H and O–H groups in total. The number of rotatable bonds is 7. The number of nitrogens with one attached hydrogen (secondary N) is 1. The molecule has 0 aliphatic carbocycles. The minimum absolute atomic E-state index is 0.114. The molecule has 124 valence electrons. The van der Waals surface area contributed by atoms with E-state index in [9.17, 15) is 4.79 Å². The Morgan fingerprint density at radius 2 is 2.29 bits per heavy atom. The van der Waals surface area contributed by atoms with Gasteiger partial charge in [0.15, 0.2) is 10.8 Å². The molecule has 0 spiro atoms. The minimum atomic E-state index is -0.464. The smallest absolute Gasteiger partial charge is 0.358 e. The highest BCUT2D eigenvalue weighted by Gasteiger charge is 2.14. The highest BCUT2D eigenvalue weighted by atomic mass is 32.1. The Labute approximate surface area is 146 Å². The van der Waals surface area contributed by atoms with Gasteiger partial charge in [0.05, 0.1) is 11.9 Å². The van der Waals surface area contributed by atoms with Gasteiger partial charge in [0.25, 0.3) is 0 Å². The van der Waals surface area contributed by atoms with Crippen molar-refractivity contribution in [2.24, 2.45) is 7.05 Å². The molecule has 0 saturated heterocycles. The van der Waals surface area contributed by atoms with Crippen LogP contribution in [0.4, 0.5) is 5.13 Å². The number of carbonyl (C=O) groups is 1. The van der Waals surface area contributed by atoms with Gasteiger partial charge >= 0.3 is 5.97 Å². The van der Waals surface area contributed by atoms with Gasteiger partial charge < -0.3 is 10.1 Å². The predicted molar refractivity (Wildman–Crippen MR) is 94.2 cm³/mol. The molecule has 7 nitrogen and oxygen atoms in total. The maximum absolute atomic E-state index is 12.0. The number of nitrogens with zero attached hydrogens (tertiary/aromatic N) is 4. The van der Waals surface area contributed by atoms with Gasteiger partial charge in [-0.25, -0.2) is 14.8 Å². The molecule has 3 rings (SSSR count). The topological polar surface area (TPSA) is 81.9 Å². The van der Waals surface area contributed by atoms with Crippen molar-refractivity contribution in [3.63, 3.8) is 0 Å². The molecule has 0 atom stereocenters. The number of aryl methyl sites for hydroxylation is 1. The Hall–Kier alpha value is -2.52. The van der Waals surface area contributed by atoms with Crippen LogP contribution in [0, 0.1) is 0 Å². The minimum Gasteiger partial charge on any atom is -0.454 e. The van der Waals surface area contributed by atoms with Gasteiger partial charge in [-0.15, -0.1) is 29.3 Å². The van der Waals surface area contributed by atoms with Crippen LogP contribution in [-0.2, 0) is 18.4 Å². The van der Waals surface area contributed by atoms with Crippen LogP contribution in [0.3, 0.4) is 0 Å². The summed E-state index contributed by atoms with van der Waals surface area (Å²) in [5.74, 6) is -0.464. The molecule has 3 aromatic rings. The number of thiazole rings is 2. The number of hydrogen-bond acceptors (Lipinski definition) is 8. The summed E-state index contributed by atoms with van der Waals surface area (Å²) in [6.07, 6.45) is 5.37. The molecule has 0 saturated carbocycles. The fourth-order valence-electron chi connectivity index (χ4n) is 1.86. The second kappa shape index (κ2) is 7.37. The monoisotopic (exact) mass is 361 g/mol. The van der Waals surface area contributed by atoms with E-state index in [0.29, 0.717) is 17.4 Å². The van der Waals surface area contributed by atoms with Crippen molar-refractivity contribution in [2.45, 2.75) is 6.61 Å². The van der Waals surface area contributed by atoms with Crippen molar-refractivity contribution in [3.8, 4) is 10.6 Å². The highest BCUT2D eigenvalue weighted by molar-refractivity contribution is 7.14. The Morgan fingerprint density at radius 3 is 3.04 bits per heavy atom. The molecule has 9 heteroatoms. The number of esters is 1. The molecule has 0 bridgehead atoms. The van der Waals surface area contributed by atoms with Crippen LogP contribution in [0.15, 0.2) is 35.8 Å². The number of hydrogen-bond donors (Lipinski definition) is 1. The maximum Gasteiger partial charge on any atom is 0.358 e. The molecule has 0 aliphatic rings. The van der Waals surface area contributed by atoms with Crippen LogP contribution in [0.2, 0.25) is 0 Å². The summed E-state index contributed by atoms with van der Waals surface area (Å²) in [4.78, 5) is 20.6. The zero-order valence-corrected chi connectivity index (χ0v) is 14.6. The van der Waals surface area contributed by atoms with E-state index in [4.69, 9.17) is 4.74 Å². The van der Waals surface area contributed by atoms with E-state index in [1.807, 2.05) is 18.6 Å². The van der Waals surface area contributed by atoms with E-state index in [1.54, 1.807) is 22.3 Å². The molecule has 0 aromatic carbocycles. The molecule has 0 unspecified atom stereocenters. The summed E-state index contributed by atoms with van der Waals surface area (Å²) >= 11 is 2.84. The molecule has 24 heavy (non-hydrogen) atoms. The largest absolute Gasteiger partial charge is 0.454 e. The lowest BCUT2D eigenvalue weighted by Gasteiger charge is -2.00. The summed E-state index contributed by atoms with van der Waals surface area (Å²) in [7, 11) is 1.85. The lowest BCUT2D eigenvalue weighted by molar-refractivity contribution is 0.0462. The quantitative estimate of drug-likeness (QED) is 0.515. The van der Waals surface area contributed by atoms with E-state index >= 15 is 0 Å². The lowest BCUT2D eigenvalue weighted by Crippen LogP contribution is -2.06. The lowest BCUT2D eigenvalue weighted by atomic mass is 10.4. The first kappa shape index (κ1) is 16.3. The average molecular weight is 361 g/mol. The summed E-state index contributed by atoms with van der Waals surface area (Å²) < 4.78 is 6.99. The van der Waals surface area contributed by atoms with Crippen LogP contribution in [-0.4, -0.2) is 32.3 Å². The number of carbonyl (C=O) groups excluding carboxylic acids is 1. The molecule has 0 fully saturated rings. The summed E-state index contributed by atoms with van der Waals surface area (Å²) in [5.41, 5.74) is 1.93. The maximum atomic E-state index is 12.0. The van der Waals surface area contributed by atoms with Crippen LogP contribution in [0.25, 0.3) is 10.6 Å². The number of ether oxygens (including phenoxy) is 1. The number of aromatic nitrogens is 4. The molecule has 3 aromatic heterocycles. The summed E-state index contributed by atoms with van der Waals surface area (Å²) in [5, 5.41) is 12.2. The first-order valence-corrected chi connectivity index (χ1v) is 8.82. The Kier molecular flexibility index (Phi) is 5.02. The molecule has 0 radical (unpaired) electrons. The summed E-state index contributed by atoms with van der Waals surface area (Å²) in [6.45, 7) is 4.33. The van der Waals surface area contributed by atoms with Gasteiger partial charge in [-0.05, 0) is 0 Å². The van der Waals surface area contributed by atoms with Gasteiger partial charge in [0, 0.05) is 36.1 Å². The fourth-order valence-corrected chi connectivity index (χ4v) is 3.33. The van der Waals surface area contributed by atoms with Gasteiger partial charge in [0.1, 0.15) is 11.6 Å². The zero-order valence-electron chi connectivity index (χ0n) is 12.9. The second-order valence-corrected chi connectivity index (χ2v) is 6.55. The number of anilines is 1. The van der Waals surface area contributed by atoms with E-state index in [-0.39, 0.29) is 12.3 Å². The Bertz CT molecular complexity index is 852. The zero-order chi connectivity index (χ0) is 16.9. The van der Waals surface area contributed by atoms with E-state index in [0.717, 1.165) is 10.6 Å². The van der Waals surface area contributed by atoms with E-state index in [2.05, 4.69) is 27.0 Å². The van der Waals surface area contributed by atoms with Crippen molar-refractivity contribution in [1.82, 2.24) is 19.7 Å². The van der Waals surface area contributed by atoms with E-state index in [1.165, 1.54) is 22.7 Å². The van der Waals surface area contributed by atoms with Crippen LogP contribution >= 0.6 is 22.7 Å². The SMILES string of the molecule is C=CCNc1nc(C(=O)OCc2csc(-c3cnn(C)c3)n2)cs1. The third-order valence-electron chi connectivity index (χ3n) is 2.97. The first-order chi connectivity index (χ1) is 11.7. The fraction of sp³-hybridized carbons (Fsp3) is 0.200. The molecule has 0 aliphatic heterocycles. The van der Waals surface area contributed by atoms with Crippen molar-refractivity contribution >= 4 is 33.8 Å². The molecule has 0 amide bonds. The predicted octanol–water partition coefficient (Wildman–Crippen LogP) is 2.96. The van der Waals surface area contributed by atoms with Crippen molar-refractivity contribution in [3.05, 3.63) is 47.2 Å². The Morgan fingerprint density at radius 1 is 1.42 bits per heavy atom. The standard InChI is InChI=1S/C15H15N5O2S2/c1-3-4-16-15-19-12(9-24-15)14(21)22-7-11-8-23-13(18-11)10-5-17-20(2)6-10/h3,5-6,8-9H,1,4,7H2,2H3,(H,16,19). The van der Waals surface area contributed by atoms with Crippen molar-refractivity contribution in [1.29, 1.82) is 0 Å². The highest BCUT2D eigenvalue weighted by Crippen LogP contribution is 2.23. The van der Waals surface area contributed by atoms with Crippen LogP contribution in [0.1, 0.15) is 16.2 Å². The Balaban J connectivity index is 1.57. The third kappa shape index (κ3) is 3.87. The van der Waals surface area contributed by atoms with E-state index < -0.39 is 5.97 Å². The van der Waals surface area contributed by atoms with Crippen molar-refractivity contribution in [2.75, 3.05) is 11.9 Å². The molecular formula is C15H15N5O2S2. The van der Waals surface area contributed by atoms with Crippen molar-refractivity contribution < 1.29 is 9.53 Å². The van der Waals surface area contributed by atoms with Gasteiger partial charge in [-0.2, -0.15) is 5.10 Å².